The van der Waals surface area contributed by atoms with Crippen molar-refractivity contribution in [3.63, 3.8) is 0 Å². The van der Waals surface area contributed by atoms with E-state index in [1.54, 1.807) is 0 Å². The van der Waals surface area contributed by atoms with E-state index in [2.05, 4.69) is 10.6 Å². The highest BCUT2D eigenvalue weighted by molar-refractivity contribution is 5.95. The smallest absolute Gasteiger partial charge is 0.321 e. The van der Waals surface area contributed by atoms with Gasteiger partial charge in [-0.3, -0.25) is 19.7 Å². The number of hydrogen-bond acceptors (Lipinski definition) is 4. The Balaban J connectivity index is 2.70. The van der Waals surface area contributed by atoms with Crippen molar-refractivity contribution < 1.29 is 24.6 Å². The highest BCUT2D eigenvalue weighted by Crippen LogP contribution is 2.19. The Morgan fingerprint density at radius 1 is 1.14 bits per heavy atom. The number of anilines is 1. The molecule has 0 fully saturated rings. The van der Waals surface area contributed by atoms with Gasteiger partial charge in [-0.05, 0) is 25.0 Å². The molecule has 0 bridgehead atoms. The fourth-order valence-electron chi connectivity index (χ4n) is 1.84. The number of carboxylic acids is 2. The van der Waals surface area contributed by atoms with Crippen molar-refractivity contribution in [2.45, 2.75) is 26.3 Å². The van der Waals surface area contributed by atoms with Crippen LogP contribution in [0.1, 0.15) is 17.5 Å². The maximum Gasteiger partial charge on any atom is 0.321 e. The molecule has 1 unspecified atom stereocenters. The van der Waals surface area contributed by atoms with Gasteiger partial charge in [0.15, 0.2) is 0 Å². The van der Waals surface area contributed by atoms with Gasteiger partial charge in [0.1, 0.15) is 6.04 Å². The second-order valence-corrected chi connectivity index (χ2v) is 4.68. The predicted molar refractivity (Wildman–Crippen MR) is 76.2 cm³/mol. The number of aliphatic carboxylic acids is 2. The van der Waals surface area contributed by atoms with Crippen LogP contribution in [0.15, 0.2) is 18.2 Å². The number of hydrogen-bond donors (Lipinski definition) is 4. The quantitative estimate of drug-likeness (QED) is 0.590. The Morgan fingerprint density at radius 2 is 1.71 bits per heavy atom. The Morgan fingerprint density at radius 3 is 2.19 bits per heavy atom. The van der Waals surface area contributed by atoms with E-state index in [1.165, 1.54) is 0 Å². The first-order valence-electron chi connectivity index (χ1n) is 6.35. The zero-order chi connectivity index (χ0) is 16.0. The van der Waals surface area contributed by atoms with Crippen LogP contribution in [0.4, 0.5) is 5.69 Å². The van der Waals surface area contributed by atoms with Crippen molar-refractivity contribution in [2.75, 3.05) is 11.9 Å². The minimum absolute atomic E-state index is 0.351. The molecule has 1 atom stereocenters. The van der Waals surface area contributed by atoms with Crippen LogP contribution in [-0.4, -0.2) is 40.6 Å². The number of benzene rings is 1. The first-order valence-corrected chi connectivity index (χ1v) is 6.35. The number of nitrogens with one attached hydrogen (secondary N) is 2. The summed E-state index contributed by atoms with van der Waals surface area (Å²) in [5.74, 6) is -2.94. The van der Waals surface area contributed by atoms with E-state index in [0.717, 1.165) is 11.1 Å². The summed E-state index contributed by atoms with van der Waals surface area (Å²) in [5.41, 5.74) is 2.38. The van der Waals surface area contributed by atoms with Crippen LogP contribution in [0.25, 0.3) is 0 Å². The number of carbonyl (C=O) groups excluding carboxylic acids is 1. The van der Waals surface area contributed by atoms with Crippen molar-refractivity contribution in [3.8, 4) is 0 Å². The molecule has 0 spiro atoms. The predicted octanol–water partition coefficient (Wildman–Crippen LogP) is 0.759. The molecule has 0 aliphatic carbocycles. The van der Waals surface area contributed by atoms with Gasteiger partial charge in [-0.1, -0.05) is 18.2 Å². The molecule has 1 aromatic carbocycles. The third kappa shape index (κ3) is 5.23. The van der Waals surface area contributed by atoms with Gasteiger partial charge in [-0.25, -0.2) is 0 Å². The lowest BCUT2D eigenvalue weighted by atomic mass is 10.1. The molecule has 0 heterocycles. The van der Waals surface area contributed by atoms with Crippen LogP contribution in [0.2, 0.25) is 0 Å². The molecule has 7 nitrogen and oxygen atoms in total. The van der Waals surface area contributed by atoms with Crippen molar-refractivity contribution in [3.05, 3.63) is 29.3 Å². The summed E-state index contributed by atoms with van der Waals surface area (Å²) in [6.07, 6.45) is -0.351. The molecular weight excluding hydrogens is 276 g/mol. The Kier molecular flexibility index (Phi) is 5.86. The second kappa shape index (κ2) is 7.39. The molecule has 0 aliphatic rings. The van der Waals surface area contributed by atoms with Crippen molar-refractivity contribution in [1.29, 1.82) is 0 Å². The Bertz CT molecular complexity index is 536. The summed E-state index contributed by atoms with van der Waals surface area (Å²) in [5, 5.41) is 22.5. The van der Waals surface area contributed by atoms with Crippen molar-refractivity contribution >= 4 is 23.5 Å². The van der Waals surface area contributed by atoms with Crippen molar-refractivity contribution in [1.82, 2.24) is 5.32 Å². The van der Waals surface area contributed by atoms with E-state index >= 15 is 0 Å². The lowest BCUT2D eigenvalue weighted by Gasteiger charge is -2.15. The van der Waals surface area contributed by atoms with Gasteiger partial charge >= 0.3 is 11.9 Å². The maximum absolute atomic E-state index is 11.9. The van der Waals surface area contributed by atoms with Gasteiger partial charge in [-0.2, -0.15) is 0 Å². The maximum atomic E-state index is 11.9. The van der Waals surface area contributed by atoms with Gasteiger partial charge in [0.2, 0.25) is 5.91 Å². The molecule has 1 rings (SSSR count). The number of carbonyl (C=O) groups is 3. The van der Waals surface area contributed by atoms with E-state index in [1.807, 2.05) is 32.0 Å². The van der Waals surface area contributed by atoms with Crippen LogP contribution in [0.3, 0.4) is 0 Å². The average molecular weight is 294 g/mol. The molecule has 0 aliphatic heterocycles. The Hall–Kier alpha value is -2.41. The van der Waals surface area contributed by atoms with E-state index in [-0.39, 0.29) is 6.42 Å². The Labute approximate surface area is 122 Å². The summed E-state index contributed by atoms with van der Waals surface area (Å²) in [4.78, 5) is 33.3. The highest BCUT2D eigenvalue weighted by atomic mass is 16.4. The summed E-state index contributed by atoms with van der Waals surface area (Å²) >= 11 is 0. The van der Waals surface area contributed by atoms with Crippen LogP contribution in [0, 0.1) is 13.8 Å². The number of carboxylic acid groups (broad SMARTS) is 2. The number of amides is 1. The first kappa shape index (κ1) is 16.6. The summed E-state index contributed by atoms with van der Waals surface area (Å²) < 4.78 is 0. The third-order valence-electron chi connectivity index (χ3n) is 2.93. The fourth-order valence-corrected chi connectivity index (χ4v) is 1.84. The van der Waals surface area contributed by atoms with Gasteiger partial charge in [0.05, 0.1) is 13.0 Å². The average Bonchev–Trinajstić information content (AvgIpc) is 2.38. The molecule has 114 valence electrons. The molecule has 0 saturated carbocycles. The minimum atomic E-state index is -1.27. The third-order valence-corrected chi connectivity index (χ3v) is 2.93. The van der Waals surface area contributed by atoms with E-state index in [0.29, 0.717) is 5.69 Å². The summed E-state index contributed by atoms with van der Waals surface area (Å²) in [7, 11) is 0. The molecule has 0 aromatic heterocycles. The lowest BCUT2D eigenvalue weighted by Crippen LogP contribution is -2.42. The molecular formula is C14H18N2O5. The SMILES string of the molecule is Cc1cccc(C)c1NC(=O)CC(NCC(=O)O)C(=O)O. The topological polar surface area (TPSA) is 116 Å². The molecule has 1 amide bonds. The number of rotatable bonds is 7. The molecule has 7 heteroatoms. The minimum Gasteiger partial charge on any atom is -0.480 e. The van der Waals surface area contributed by atoms with Gasteiger partial charge in [0, 0.05) is 5.69 Å². The summed E-state index contributed by atoms with van der Waals surface area (Å²) in [6, 6.07) is 4.28. The van der Waals surface area contributed by atoms with E-state index in [9.17, 15) is 14.4 Å². The van der Waals surface area contributed by atoms with Gasteiger partial charge in [-0.15, -0.1) is 0 Å². The largest absolute Gasteiger partial charge is 0.480 e. The zero-order valence-electron chi connectivity index (χ0n) is 11.8. The van der Waals surface area contributed by atoms with Gasteiger partial charge < -0.3 is 15.5 Å². The normalized spacial score (nSPS) is 11.7. The lowest BCUT2D eigenvalue weighted by molar-refractivity contribution is -0.142. The molecule has 4 N–H and O–H groups in total. The molecule has 0 saturated heterocycles. The summed E-state index contributed by atoms with van der Waals surface area (Å²) in [6.45, 7) is 3.15. The fraction of sp³-hybridized carbons (Fsp3) is 0.357. The second-order valence-electron chi connectivity index (χ2n) is 4.68. The monoisotopic (exact) mass is 294 g/mol. The van der Waals surface area contributed by atoms with Crippen LogP contribution < -0.4 is 10.6 Å². The van der Waals surface area contributed by atoms with Crippen LogP contribution >= 0.6 is 0 Å². The zero-order valence-corrected chi connectivity index (χ0v) is 11.8. The van der Waals surface area contributed by atoms with Crippen LogP contribution in [-0.2, 0) is 14.4 Å². The van der Waals surface area contributed by atoms with E-state index < -0.39 is 30.4 Å². The van der Waals surface area contributed by atoms with Crippen LogP contribution in [0.5, 0.6) is 0 Å². The standard InChI is InChI=1S/C14H18N2O5/c1-8-4-3-5-9(2)13(8)16-11(17)6-10(14(20)21)15-7-12(18)19/h3-5,10,15H,6-7H2,1-2H3,(H,16,17)(H,18,19)(H,20,21). The number of para-hydroxylation sites is 1. The molecule has 1 aromatic rings. The van der Waals surface area contributed by atoms with Crippen molar-refractivity contribution in [2.24, 2.45) is 0 Å². The van der Waals surface area contributed by atoms with Gasteiger partial charge in [0.25, 0.3) is 0 Å². The molecule has 0 radical (unpaired) electrons. The first-order chi connectivity index (χ1) is 9.81. The molecule has 21 heavy (non-hydrogen) atoms. The number of aryl methyl sites for hydroxylation is 2. The van der Waals surface area contributed by atoms with E-state index in [4.69, 9.17) is 10.2 Å². The highest BCUT2D eigenvalue weighted by Gasteiger charge is 2.22.